The predicted molar refractivity (Wildman–Crippen MR) is 106 cm³/mol. The Labute approximate surface area is 168 Å². The quantitative estimate of drug-likeness (QED) is 0.717. The fourth-order valence-electron chi connectivity index (χ4n) is 4.66. The Hall–Kier alpha value is -2.49. The van der Waals surface area contributed by atoms with Crippen LogP contribution in [0.1, 0.15) is 17.3 Å². The van der Waals surface area contributed by atoms with Gasteiger partial charge in [-0.25, -0.2) is 8.42 Å². The van der Waals surface area contributed by atoms with Gasteiger partial charge in [0.1, 0.15) is 0 Å². The van der Waals surface area contributed by atoms with Gasteiger partial charge in [0.15, 0.2) is 0 Å². The summed E-state index contributed by atoms with van der Waals surface area (Å²) < 4.78 is 28.0. The molecule has 1 saturated heterocycles. The molecule has 0 saturated carbocycles. The highest BCUT2D eigenvalue weighted by atomic mass is 32.2. The summed E-state index contributed by atoms with van der Waals surface area (Å²) in [6.45, 7) is 0.0673. The molecule has 1 aromatic heterocycles. The minimum atomic E-state index is -3.67. The number of nitrogens with one attached hydrogen (secondary N) is 1. The molecule has 0 spiro atoms. The van der Waals surface area contributed by atoms with E-state index in [-0.39, 0.29) is 24.6 Å². The van der Waals surface area contributed by atoms with E-state index in [0.29, 0.717) is 12.2 Å². The highest BCUT2D eigenvalue weighted by molar-refractivity contribution is 7.88. The van der Waals surface area contributed by atoms with Gasteiger partial charge >= 0.3 is 0 Å². The SMILES string of the molecule is CS(=O)(=O)N1[C@@H]2Cn3c(cccc3=O)[C@H]1[C@@H](C(=O)NCc1ccccc1)[C@@H]2CO. The molecule has 154 valence electrons. The van der Waals surface area contributed by atoms with Crippen LogP contribution in [-0.4, -0.2) is 47.2 Å². The third-order valence-electron chi connectivity index (χ3n) is 5.86. The van der Waals surface area contributed by atoms with E-state index in [1.807, 2.05) is 30.3 Å². The number of carbonyl (C=O) groups is 1. The van der Waals surface area contributed by atoms with Crippen LogP contribution < -0.4 is 10.9 Å². The zero-order chi connectivity index (χ0) is 20.8. The van der Waals surface area contributed by atoms with E-state index in [0.717, 1.165) is 11.8 Å². The zero-order valence-corrected chi connectivity index (χ0v) is 16.7. The van der Waals surface area contributed by atoms with Crippen molar-refractivity contribution in [1.82, 2.24) is 14.2 Å². The minimum absolute atomic E-state index is 0.117. The molecule has 2 aliphatic rings. The molecular formula is C20H23N3O5S. The zero-order valence-electron chi connectivity index (χ0n) is 15.9. The van der Waals surface area contributed by atoms with Crippen molar-refractivity contribution in [3.63, 3.8) is 0 Å². The van der Waals surface area contributed by atoms with E-state index < -0.39 is 33.9 Å². The number of sulfonamides is 1. The van der Waals surface area contributed by atoms with Crippen LogP contribution in [-0.2, 0) is 27.9 Å². The second-order valence-corrected chi connectivity index (χ2v) is 9.47. The van der Waals surface area contributed by atoms with Gasteiger partial charge in [-0.2, -0.15) is 4.31 Å². The van der Waals surface area contributed by atoms with Gasteiger partial charge in [-0.15, -0.1) is 0 Å². The normalized spacial score (nSPS) is 26.1. The molecule has 4 rings (SSSR count). The van der Waals surface area contributed by atoms with Gasteiger partial charge in [-0.3, -0.25) is 9.59 Å². The van der Waals surface area contributed by atoms with Crippen LogP contribution in [0.3, 0.4) is 0 Å². The van der Waals surface area contributed by atoms with Crippen LogP contribution in [0.25, 0.3) is 0 Å². The smallest absolute Gasteiger partial charge is 0.250 e. The van der Waals surface area contributed by atoms with Gasteiger partial charge in [0.05, 0.1) is 18.2 Å². The number of aliphatic hydroxyl groups excluding tert-OH is 1. The lowest BCUT2D eigenvalue weighted by molar-refractivity contribution is -0.127. The van der Waals surface area contributed by atoms with Crippen LogP contribution in [0.4, 0.5) is 0 Å². The molecule has 2 aliphatic heterocycles. The first-order valence-electron chi connectivity index (χ1n) is 9.43. The highest BCUT2D eigenvalue weighted by Crippen LogP contribution is 2.49. The topological polar surface area (TPSA) is 109 Å². The third kappa shape index (κ3) is 3.39. The summed E-state index contributed by atoms with van der Waals surface area (Å²) in [7, 11) is -3.67. The van der Waals surface area contributed by atoms with Crippen LogP contribution in [0.5, 0.6) is 0 Å². The fourth-order valence-corrected chi connectivity index (χ4v) is 6.03. The molecule has 0 radical (unpaired) electrons. The van der Waals surface area contributed by atoms with E-state index in [4.69, 9.17) is 0 Å². The summed E-state index contributed by atoms with van der Waals surface area (Å²) in [6, 6.07) is 12.6. The lowest BCUT2D eigenvalue weighted by Crippen LogP contribution is -2.48. The number of carbonyl (C=O) groups excluding carboxylic acids is 1. The van der Waals surface area contributed by atoms with Crippen LogP contribution in [0, 0.1) is 11.8 Å². The maximum Gasteiger partial charge on any atom is 0.250 e. The molecule has 1 aromatic carbocycles. The number of amides is 1. The summed E-state index contributed by atoms with van der Waals surface area (Å²) in [6.07, 6.45) is 1.10. The monoisotopic (exact) mass is 417 g/mol. The Kier molecular flexibility index (Phi) is 5.05. The predicted octanol–water partition coefficient (Wildman–Crippen LogP) is 0.0879. The number of rotatable bonds is 5. The Morgan fingerprint density at radius 2 is 1.90 bits per heavy atom. The Balaban J connectivity index is 1.74. The first-order chi connectivity index (χ1) is 13.8. The molecule has 3 heterocycles. The summed E-state index contributed by atoms with van der Waals surface area (Å²) >= 11 is 0. The van der Waals surface area contributed by atoms with Gasteiger partial charge in [0.25, 0.3) is 5.56 Å². The van der Waals surface area contributed by atoms with E-state index in [1.54, 1.807) is 12.1 Å². The molecule has 29 heavy (non-hydrogen) atoms. The lowest BCUT2D eigenvalue weighted by atomic mass is 9.86. The van der Waals surface area contributed by atoms with Crippen molar-refractivity contribution in [2.24, 2.45) is 11.8 Å². The number of fused-ring (bicyclic) bond motifs is 4. The highest BCUT2D eigenvalue weighted by Gasteiger charge is 2.58. The number of nitrogens with zero attached hydrogens (tertiary/aromatic N) is 2. The molecule has 1 fully saturated rings. The van der Waals surface area contributed by atoms with Crippen molar-refractivity contribution in [2.75, 3.05) is 12.9 Å². The number of benzene rings is 1. The van der Waals surface area contributed by atoms with E-state index >= 15 is 0 Å². The van der Waals surface area contributed by atoms with Gasteiger partial charge in [-0.05, 0) is 11.6 Å². The van der Waals surface area contributed by atoms with Gasteiger partial charge in [0, 0.05) is 43.4 Å². The lowest BCUT2D eigenvalue weighted by Gasteiger charge is -2.36. The van der Waals surface area contributed by atoms with Crippen molar-refractivity contribution < 1.29 is 18.3 Å². The molecule has 0 unspecified atom stereocenters. The van der Waals surface area contributed by atoms with E-state index in [2.05, 4.69) is 5.32 Å². The van der Waals surface area contributed by atoms with Crippen LogP contribution in [0.15, 0.2) is 53.3 Å². The summed E-state index contributed by atoms with van der Waals surface area (Å²) in [5.74, 6) is -1.73. The summed E-state index contributed by atoms with van der Waals surface area (Å²) in [5.41, 5.74) is 1.15. The number of aliphatic hydroxyl groups is 1. The average molecular weight is 417 g/mol. The molecular weight excluding hydrogens is 394 g/mol. The first kappa shape index (κ1) is 19.8. The fraction of sp³-hybridized carbons (Fsp3) is 0.400. The third-order valence-corrected chi connectivity index (χ3v) is 7.12. The van der Waals surface area contributed by atoms with E-state index in [1.165, 1.54) is 14.9 Å². The number of pyridine rings is 1. The first-order valence-corrected chi connectivity index (χ1v) is 11.3. The Morgan fingerprint density at radius 3 is 2.55 bits per heavy atom. The van der Waals surface area contributed by atoms with Crippen LogP contribution in [0.2, 0.25) is 0 Å². The second kappa shape index (κ2) is 7.40. The summed E-state index contributed by atoms with van der Waals surface area (Å²) in [4.78, 5) is 25.5. The number of aromatic nitrogens is 1. The molecule has 9 heteroatoms. The standard InChI is InChI=1S/C20H23N3O5S/c1-29(27,28)23-16-11-22-15(8-5-9-17(22)25)19(23)18(14(16)12-24)20(26)21-10-13-6-3-2-4-7-13/h2-9,14,16,18-19,24H,10-12H2,1H3,(H,21,26)/t14-,16-,18+,19+/m1/s1. The van der Waals surface area contributed by atoms with Crippen molar-refractivity contribution in [3.05, 3.63) is 70.1 Å². The molecule has 1 amide bonds. The van der Waals surface area contributed by atoms with Gasteiger partial charge < -0.3 is 15.0 Å². The van der Waals surface area contributed by atoms with Crippen molar-refractivity contribution >= 4 is 15.9 Å². The number of hydrogen-bond acceptors (Lipinski definition) is 5. The largest absolute Gasteiger partial charge is 0.396 e. The van der Waals surface area contributed by atoms with Gasteiger partial charge in [-0.1, -0.05) is 36.4 Å². The molecule has 2 bridgehead atoms. The Bertz CT molecular complexity index is 1080. The maximum atomic E-state index is 13.2. The van der Waals surface area contributed by atoms with Crippen LogP contribution >= 0.6 is 0 Å². The van der Waals surface area contributed by atoms with Crippen molar-refractivity contribution in [3.8, 4) is 0 Å². The molecule has 4 atom stereocenters. The molecule has 0 aliphatic carbocycles. The number of hydrogen-bond donors (Lipinski definition) is 2. The van der Waals surface area contributed by atoms with Gasteiger partial charge in [0.2, 0.25) is 15.9 Å². The van der Waals surface area contributed by atoms with Crippen molar-refractivity contribution in [1.29, 1.82) is 0 Å². The molecule has 2 aromatic rings. The summed E-state index contributed by atoms with van der Waals surface area (Å²) in [5, 5.41) is 12.9. The molecule has 2 N–H and O–H groups in total. The molecule has 8 nitrogen and oxygen atoms in total. The van der Waals surface area contributed by atoms with E-state index in [9.17, 15) is 23.1 Å². The second-order valence-electron chi connectivity index (χ2n) is 7.58. The Morgan fingerprint density at radius 1 is 1.17 bits per heavy atom. The van der Waals surface area contributed by atoms with Crippen molar-refractivity contribution in [2.45, 2.75) is 25.2 Å². The minimum Gasteiger partial charge on any atom is -0.396 e. The average Bonchev–Trinajstić information content (AvgIpc) is 2.95. The maximum absolute atomic E-state index is 13.2.